The van der Waals surface area contributed by atoms with Gasteiger partial charge in [0.15, 0.2) is 0 Å². The maximum absolute atomic E-state index is 12.1. The lowest BCUT2D eigenvalue weighted by atomic mass is 10.0. The fraction of sp³-hybridized carbons (Fsp3) is 0.0588. The van der Waals surface area contributed by atoms with Crippen molar-refractivity contribution in [2.24, 2.45) is 0 Å². The van der Waals surface area contributed by atoms with Crippen LogP contribution < -0.4 is 11.1 Å². The minimum atomic E-state index is -0.214. The van der Waals surface area contributed by atoms with E-state index in [4.69, 9.17) is 5.73 Å². The van der Waals surface area contributed by atoms with Crippen LogP contribution in [0.1, 0.15) is 15.9 Å². The summed E-state index contributed by atoms with van der Waals surface area (Å²) in [5.41, 5.74) is 7.68. The number of pyridine rings is 1. The molecular formula is C17H15N3O. The van der Waals surface area contributed by atoms with Crippen LogP contribution in [0.3, 0.4) is 0 Å². The van der Waals surface area contributed by atoms with Gasteiger partial charge in [-0.25, -0.2) is 0 Å². The van der Waals surface area contributed by atoms with Crippen molar-refractivity contribution in [1.82, 2.24) is 10.3 Å². The number of nitrogen functional groups attached to an aromatic ring is 1. The maximum atomic E-state index is 12.1. The summed E-state index contributed by atoms with van der Waals surface area (Å²) in [5, 5.41) is 5.19. The van der Waals surface area contributed by atoms with Gasteiger partial charge in [-0.05, 0) is 22.4 Å². The molecule has 0 aliphatic heterocycles. The third-order valence-electron chi connectivity index (χ3n) is 3.42. The molecule has 0 bridgehead atoms. The Morgan fingerprint density at radius 1 is 1.10 bits per heavy atom. The number of carbonyl (C=O) groups is 1. The maximum Gasteiger partial charge on any atom is 0.255 e. The summed E-state index contributed by atoms with van der Waals surface area (Å²) in [5.74, 6) is -0.214. The molecule has 0 aliphatic carbocycles. The predicted octanol–water partition coefficient (Wildman–Crippen LogP) is 2.75. The number of hydrogen-bond donors (Lipinski definition) is 2. The Morgan fingerprint density at radius 2 is 1.90 bits per heavy atom. The van der Waals surface area contributed by atoms with E-state index in [0.29, 0.717) is 17.8 Å². The average Bonchev–Trinajstić information content (AvgIpc) is 2.53. The zero-order valence-corrected chi connectivity index (χ0v) is 11.4. The Labute approximate surface area is 122 Å². The molecule has 0 unspecified atom stereocenters. The van der Waals surface area contributed by atoms with E-state index in [2.05, 4.69) is 28.5 Å². The molecule has 3 rings (SSSR count). The quantitative estimate of drug-likeness (QED) is 0.773. The van der Waals surface area contributed by atoms with Gasteiger partial charge in [0.05, 0.1) is 5.56 Å². The van der Waals surface area contributed by atoms with Crippen LogP contribution >= 0.6 is 0 Å². The van der Waals surface area contributed by atoms with Crippen molar-refractivity contribution in [3.63, 3.8) is 0 Å². The summed E-state index contributed by atoms with van der Waals surface area (Å²) in [7, 11) is 0. The van der Waals surface area contributed by atoms with Crippen LogP contribution in [0.4, 0.5) is 5.69 Å². The molecule has 1 heterocycles. The van der Waals surface area contributed by atoms with Gasteiger partial charge in [0.2, 0.25) is 0 Å². The molecule has 0 saturated heterocycles. The highest BCUT2D eigenvalue weighted by Crippen LogP contribution is 2.18. The van der Waals surface area contributed by atoms with E-state index in [-0.39, 0.29) is 5.91 Å². The monoisotopic (exact) mass is 277 g/mol. The molecule has 2 aromatic carbocycles. The normalized spacial score (nSPS) is 10.5. The van der Waals surface area contributed by atoms with Crippen molar-refractivity contribution in [2.75, 3.05) is 5.73 Å². The van der Waals surface area contributed by atoms with Gasteiger partial charge in [-0.2, -0.15) is 0 Å². The van der Waals surface area contributed by atoms with Gasteiger partial charge < -0.3 is 11.1 Å². The van der Waals surface area contributed by atoms with Gasteiger partial charge in [0.1, 0.15) is 0 Å². The zero-order valence-electron chi connectivity index (χ0n) is 11.4. The van der Waals surface area contributed by atoms with Gasteiger partial charge in [0, 0.05) is 24.6 Å². The number of carbonyl (C=O) groups excluding carboxylic acids is 1. The van der Waals surface area contributed by atoms with Crippen molar-refractivity contribution in [2.45, 2.75) is 6.54 Å². The van der Waals surface area contributed by atoms with E-state index in [1.165, 1.54) is 6.20 Å². The molecule has 21 heavy (non-hydrogen) atoms. The fourth-order valence-electron chi connectivity index (χ4n) is 2.31. The van der Waals surface area contributed by atoms with Gasteiger partial charge >= 0.3 is 0 Å². The minimum absolute atomic E-state index is 0.214. The highest BCUT2D eigenvalue weighted by Gasteiger charge is 2.09. The molecule has 0 saturated carbocycles. The van der Waals surface area contributed by atoms with Gasteiger partial charge in [-0.15, -0.1) is 0 Å². The van der Waals surface area contributed by atoms with E-state index in [9.17, 15) is 4.79 Å². The number of fused-ring (bicyclic) bond motifs is 1. The van der Waals surface area contributed by atoms with Crippen LogP contribution in [0, 0.1) is 0 Å². The predicted molar refractivity (Wildman–Crippen MR) is 83.8 cm³/mol. The number of benzene rings is 2. The molecule has 104 valence electrons. The number of amides is 1. The molecular weight excluding hydrogens is 262 g/mol. The lowest BCUT2D eigenvalue weighted by Gasteiger charge is -2.09. The van der Waals surface area contributed by atoms with Gasteiger partial charge in [-0.1, -0.05) is 42.5 Å². The van der Waals surface area contributed by atoms with Crippen LogP contribution in [-0.2, 0) is 6.54 Å². The molecule has 4 heteroatoms. The molecule has 0 spiro atoms. The molecule has 4 nitrogen and oxygen atoms in total. The lowest BCUT2D eigenvalue weighted by molar-refractivity contribution is 0.0951. The second kappa shape index (κ2) is 5.63. The number of rotatable bonds is 3. The van der Waals surface area contributed by atoms with Crippen molar-refractivity contribution in [3.05, 3.63) is 72.1 Å². The minimum Gasteiger partial charge on any atom is -0.398 e. The zero-order chi connectivity index (χ0) is 14.7. The molecule has 3 N–H and O–H groups in total. The highest BCUT2D eigenvalue weighted by atomic mass is 16.1. The third kappa shape index (κ3) is 2.69. The summed E-state index contributed by atoms with van der Waals surface area (Å²) in [6.07, 6.45) is 3.05. The fourth-order valence-corrected chi connectivity index (χ4v) is 2.31. The topological polar surface area (TPSA) is 68.0 Å². The summed E-state index contributed by atoms with van der Waals surface area (Å²) in [6.45, 7) is 0.453. The van der Waals surface area contributed by atoms with E-state index >= 15 is 0 Å². The molecule has 0 radical (unpaired) electrons. The first-order chi connectivity index (χ1) is 10.3. The summed E-state index contributed by atoms with van der Waals surface area (Å²) in [4.78, 5) is 16.1. The molecule has 1 aromatic heterocycles. The van der Waals surface area contributed by atoms with E-state index in [1.807, 2.05) is 24.3 Å². The second-order valence-electron chi connectivity index (χ2n) is 4.78. The SMILES string of the molecule is Nc1ccncc1C(=O)NCc1cccc2ccccc12. The first kappa shape index (κ1) is 13.1. The Morgan fingerprint density at radius 3 is 2.76 bits per heavy atom. The molecule has 3 aromatic rings. The number of nitrogens with one attached hydrogen (secondary N) is 1. The van der Waals surface area contributed by atoms with Crippen LogP contribution in [-0.4, -0.2) is 10.9 Å². The van der Waals surface area contributed by atoms with Crippen LogP contribution in [0.25, 0.3) is 10.8 Å². The van der Waals surface area contributed by atoms with Crippen molar-refractivity contribution < 1.29 is 4.79 Å². The Bertz CT molecular complexity index is 793. The Hall–Kier alpha value is -2.88. The second-order valence-corrected chi connectivity index (χ2v) is 4.78. The summed E-state index contributed by atoms with van der Waals surface area (Å²) in [6, 6.07) is 15.8. The first-order valence-electron chi connectivity index (χ1n) is 6.70. The summed E-state index contributed by atoms with van der Waals surface area (Å²) < 4.78 is 0. The highest BCUT2D eigenvalue weighted by molar-refractivity contribution is 5.98. The van der Waals surface area contributed by atoms with Gasteiger partial charge in [-0.3, -0.25) is 9.78 Å². The molecule has 1 amide bonds. The van der Waals surface area contributed by atoms with Crippen LogP contribution in [0.2, 0.25) is 0 Å². The first-order valence-corrected chi connectivity index (χ1v) is 6.70. The number of hydrogen-bond acceptors (Lipinski definition) is 3. The van der Waals surface area contributed by atoms with Crippen LogP contribution in [0.5, 0.6) is 0 Å². The number of nitrogens with two attached hydrogens (primary N) is 1. The molecule has 0 atom stereocenters. The van der Waals surface area contributed by atoms with E-state index < -0.39 is 0 Å². The number of anilines is 1. The van der Waals surface area contributed by atoms with E-state index in [1.54, 1.807) is 12.3 Å². The van der Waals surface area contributed by atoms with E-state index in [0.717, 1.165) is 16.3 Å². The van der Waals surface area contributed by atoms with Crippen LogP contribution in [0.15, 0.2) is 60.9 Å². The number of nitrogens with zero attached hydrogens (tertiary/aromatic N) is 1. The third-order valence-corrected chi connectivity index (χ3v) is 3.42. The van der Waals surface area contributed by atoms with Gasteiger partial charge in [0.25, 0.3) is 5.91 Å². The molecule has 0 fully saturated rings. The Kier molecular flexibility index (Phi) is 3.51. The average molecular weight is 277 g/mol. The standard InChI is InChI=1S/C17H15N3O/c18-16-8-9-19-11-15(16)17(21)20-10-13-6-3-5-12-4-1-2-7-14(12)13/h1-9,11H,10H2,(H2,18,19)(H,20,21). The summed E-state index contributed by atoms with van der Waals surface area (Å²) >= 11 is 0. The van der Waals surface area contributed by atoms with Crippen molar-refractivity contribution in [1.29, 1.82) is 0 Å². The lowest BCUT2D eigenvalue weighted by Crippen LogP contribution is -2.24. The molecule has 0 aliphatic rings. The van der Waals surface area contributed by atoms with Crippen molar-refractivity contribution in [3.8, 4) is 0 Å². The Balaban J connectivity index is 1.81. The number of aromatic nitrogens is 1. The largest absolute Gasteiger partial charge is 0.398 e. The van der Waals surface area contributed by atoms with Crippen molar-refractivity contribution >= 4 is 22.4 Å². The smallest absolute Gasteiger partial charge is 0.255 e.